The molecule has 0 aliphatic heterocycles. The molecule has 0 N–H and O–H groups in total. The Kier molecular flexibility index (Phi) is 4.66. The molecule has 0 saturated carbocycles. The summed E-state index contributed by atoms with van der Waals surface area (Å²) < 4.78 is 14.9. The summed E-state index contributed by atoms with van der Waals surface area (Å²) in [6.45, 7) is -1.12. The molecule has 0 saturated heterocycles. The smallest absolute Gasteiger partial charge is 0.322 e. The van der Waals surface area contributed by atoms with Gasteiger partial charge in [0.25, 0.3) is 0 Å². The summed E-state index contributed by atoms with van der Waals surface area (Å²) in [7, 11) is 0. The lowest BCUT2D eigenvalue weighted by Crippen LogP contribution is -2.37. The Morgan fingerprint density at radius 2 is 0.692 bits per heavy atom. The lowest BCUT2D eigenvalue weighted by molar-refractivity contribution is 0.865. The summed E-state index contributed by atoms with van der Waals surface area (Å²) in [6, 6.07) is 35.7. The highest BCUT2D eigenvalue weighted by molar-refractivity contribution is 6.79. The van der Waals surface area contributed by atoms with E-state index in [4.69, 9.17) is 0 Å². The zero-order chi connectivity index (χ0) is 17.8. The van der Waals surface area contributed by atoms with Crippen LogP contribution in [0.25, 0.3) is 22.3 Å². The summed E-state index contributed by atoms with van der Waals surface area (Å²) >= 11 is 0. The summed E-state index contributed by atoms with van der Waals surface area (Å²) in [5.41, 5.74) is 5.83. The molecule has 0 aromatic heterocycles. The second-order valence-corrected chi connectivity index (χ2v) is 6.34. The lowest BCUT2D eigenvalue weighted by atomic mass is 9.58. The van der Waals surface area contributed by atoms with Crippen molar-refractivity contribution in [1.82, 2.24) is 0 Å². The monoisotopic (exact) mass is 336 g/mol. The van der Waals surface area contributed by atoms with Gasteiger partial charge in [-0.2, -0.15) is 0 Å². The Bertz CT molecular complexity index is 879. The topological polar surface area (TPSA) is 0 Å². The molecular formula is C24H18BF. The van der Waals surface area contributed by atoms with Crippen molar-refractivity contribution in [2.45, 2.75) is 0 Å². The van der Waals surface area contributed by atoms with Crippen molar-refractivity contribution < 1.29 is 4.32 Å². The Morgan fingerprint density at radius 3 is 1.04 bits per heavy atom. The molecule has 0 radical (unpaired) electrons. The second kappa shape index (κ2) is 7.41. The quantitative estimate of drug-likeness (QED) is 0.455. The highest BCUT2D eigenvalue weighted by Gasteiger charge is 2.19. The number of hydrogen-bond acceptors (Lipinski definition) is 0. The fourth-order valence-corrected chi connectivity index (χ4v) is 3.14. The maximum absolute atomic E-state index is 14.9. The van der Waals surface area contributed by atoms with Gasteiger partial charge >= 0.3 is 6.99 Å². The van der Waals surface area contributed by atoms with Crippen molar-refractivity contribution in [1.29, 1.82) is 0 Å². The third-order valence-electron chi connectivity index (χ3n) is 4.62. The van der Waals surface area contributed by atoms with E-state index in [1.807, 2.05) is 84.9 Å². The van der Waals surface area contributed by atoms with Crippen LogP contribution in [-0.4, -0.2) is 6.99 Å². The zero-order valence-corrected chi connectivity index (χ0v) is 14.3. The summed E-state index contributed by atoms with van der Waals surface area (Å²) in [6.07, 6.45) is 0. The Balaban J connectivity index is 1.55. The van der Waals surface area contributed by atoms with Crippen LogP contribution >= 0.6 is 0 Å². The van der Waals surface area contributed by atoms with Crippen molar-refractivity contribution in [2.24, 2.45) is 0 Å². The van der Waals surface area contributed by atoms with Crippen LogP contribution in [0.15, 0.2) is 109 Å². The Hall–Kier alpha value is -3.13. The molecule has 26 heavy (non-hydrogen) atoms. The van der Waals surface area contributed by atoms with Gasteiger partial charge in [-0.3, -0.25) is 0 Å². The van der Waals surface area contributed by atoms with E-state index in [9.17, 15) is 4.32 Å². The Morgan fingerprint density at radius 1 is 0.385 bits per heavy atom. The van der Waals surface area contributed by atoms with E-state index in [1.54, 1.807) is 0 Å². The molecule has 4 aromatic carbocycles. The van der Waals surface area contributed by atoms with Gasteiger partial charge in [-0.1, -0.05) is 109 Å². The minimum atomic E-state index is -1.12. The van der Waals surface area contributed by atoms with Gasteiger partial charge in [-0.25, -0.2) is 0 Å². The standard InChI is InChI=1S/C24H18BF/c26-25(23-15-11-21(12-16-23)19-7-3-1-4-8-19)24-17-13-22(14-18-24)20-9-5-2-6-10-20/h1-18H. The molecule has 4 rings (SSSR count). The molecule has 0 spiro atoms. The first-order valence-electron chi connectivity index (χ1n) is 8.76. The van der Waals surface area contributed by atoms with Crippen molar-refractivity contribution in [3.63, 3.8) is 0 Å². The van der Waals surface area contributed by atoms with E-state index in [1.165, 1.54) is 0 Å². The van der Waals surface area contributed by atoms with E-state index in [0.29, 0.717) is 10.9 Å². The maximum atomic E-state index is 14.9. The number of hydrogen-bond donors (Lipinski definition) is 0. The molecule has 0 amide bonds. The predicted molar refractivity (Wildman–Crippen MR) is 110 cm³/mol. The van der Waals surface area contributed by atoms with Crippen LogP contribution in [0.1, 0.15) is 0 Å². The molecule has 124 valence electrons. The van der Waals surface area contributed by atoms with E-state index in [-0.39, 0.29) is 0 Å². The fraction of sp³-hybridized carbons (Fsp3) is 0. The van der Waals surface area contributed by atoms with Gasteiger partial charge in [0.15, 0.2) is 0 Å². The molecule has 0 bridgehead atoms. The minimum Gasteiger partial charge on any atom is -0.322 e. The highest BCUT2D eigenvalue weighted by Crippen LogP contribution is 2.19. The molecular weight excluding hydrogens is 318 g/mol. The number of halogens is 1. The van der Waals surface area contributed by atoms with Crippen LogP contribution in [0.4, 0.5) is 4.32 Å². The molecule has 0 aliphatic carbocycles. The maximum Gasteiger partial charge on any atom is 0.413 e. The van der Waals surface area contributed by atoms with Gasteiger partial charge in [0.1, 0.15) is 0 Å². The van der Waals surface area contributed by atoms with Gasteiger partial charge in [0.05, 0.1) is 0 Å². The first-order chi connectivity index (χ1) is 12.8. The van der Waals surface area contributed by atoms with E-state index in [0.717, 1.165) is 22.3 Å². The van der Waals surface area contributed by atoms with Gasteiger partial charge in [-0.15, -0.1) is 0 Å². The summed E-state index contributed by atoms with van der Waals surface area (Å²) in [4.78, 5) is 0. The molecule has 0 heterocycles. The molecule has 2 heteroatoms. The normalized spacial score (nSPS) is 10.5. The van der Waals surface area contributed by atoms with Crippen molar-refractivity contribution >= 4 is 17.9 Å². The molecule has 0 nitrogen and oxygen atoms in total. The van der Waals surface area contributed by atoms with Gasteiger partial charge in [0.2, 0.25) is 0 Å². The van der Waals surface area contributed by atoms with Gasteiger partial charge in [-0.05, 0) is 33.2 Å². The average Bonchev–Trinajstić information content (AvgIpc) is 2.75. The summed E-state index contributed by atoms with van der Waals surface area (Å²) in [5.74, 6) is 0. The minimum absolute atomic E-state index is 0.678. The highest BCUT2D eigenvalue weighted by atomic mass is 19.1. The molecule has 0 atom stereocenters. The van der Waals surface area contributed by atoms with E-state index in [2.05, 4.69) is 24.3 Å². The van der Waals surface area contributed by atoms with Crippen LogP contribution in [0.3, 0.4) is 0 Å². The van der Waals surface area contributed by atoms with Gasteiger partial charge in [0, 0.05) is 0 Å². The molecule has 0 aliphatic rings. The molecule has 0 unspecified atom stereocenters. The SMILES string of the molecule is FB(c1ccc(-c2ccccc2)cc1)c1ccc(-c2ccccc2)cc1. The van der Waals surface area contributed by atoms with Crippen molar-refractivity contribution in [3.05, 3.63) is 109 Å². The first-order valence-corrected chi connectivity index (χ1v) is 8.76. The van der Waals surface area contributed by atoms with Crippen LogP contribution < -0.4 is 10.9 Å². The second-order valence-electron chi connectivity index (χ2n) is 6.34. The average molecular weight is 336 g/mol. The van der Waals surface area contributed by atoms with Crippen LogP contribution in [-0.2, 0) is 0 Å². The van der Waals surface area contributed by atoms with E-state index < -0.39 is 6.99 Å². The zero-order valence-electron chi connectivity index (χ0n) is 14.3. The number of rotatable bonds is 4. The van der Waals surface area contributed by atoms with Crippen LogP contribution in [0, 0.1) is 0 Å². The molecule has 4 aromatic rings. The fourth-order valence-electron chi connectivity index (χ4n) is 3.14. The third kappa shape index (κ3) is 3.45. The third-order valence-corrected chi connectivity index (χ3v) is 4.62. The molecule has 0 fully saturated rings. The lowest BCUT2D eigenvalue weighted by Gasteiger charge is -2.08. The summed E-state index contributed by atoms with van der Waals surface area (Å²) in [5, 5.41) is 0. The predicted octanol–water partition coefficient (Wildman–Crippen LogP) is 5.10. The van der Waals surface area contributed by atoms with Crippen LogP contribution in [0.2, 0.25) is 0 Å². The van der Waals surface area contributed by atoms with Crippen molar-refractivity contribution in [2.75, 3.05) is 0 Å². The van der Waals surface area contributed by atoms with Gasteiger partial charge < -0.3 is 4.32 Å². The van der Waals surface area contributed by atoms with E-state index >= 15 is 0 Å². The largest absolute Gasteiger partial charge is 0.413 e. The van der Waals surface area contributed by atoms with Crippen molar-refractivity contribution in [3.8, 4) is 22.3 Å². The van der Waals surface area contributed by atoms with Crippen LogP contribution in [0.5, 0.6) is 0 Å². The first kappa shape index (κ1) is 16.3. The number of benzene rings is 4. The Labute approximate surface area is 154 Å².